The van der Waals surface area contributed by atoms with Crippen molar-refractivity contribution in [2.45, 2.75) is 57.5 Å². The molecule has 1 aliphatic carbocycles. The summed E-state index contributed by atoms with van der Waals surface area (Å²) in [5.41, 5.74) is 1.09. The van der Waals surface area contributed by atoms with E-state index in [1.165, 1.54) is 32.1 Å². The second-order valence-corrected chi connectivity index (χ2v) is 5.25. The zero-order valence-electron chi connectivity index (χ0n) is 10.5. The number of aryl methyl sites for hydroxylation is 1. The number of hydrogen-bond acceptors (Lipinski definition) is 2. The lowest BCUT2D eigenvalue weighted by Crippen LogP contribution is -2.16. The van der Waals surface area contributed by atoms with Gasteiger partial charge >= 0.3 is 0 Å². The standard InChI is InChI=1S/C15H23NO/c17-15(12-13-6-2-1-3-7-13)10-9-14-8-4-5-11-16-14/h4-5,8,11,13,15,17H,1-3,6-7,9-10,12H2. The Morgan fingerprint density at radius 3 is 2.76 bits per heavy atom. The summed E-state index contributed by atoms with van der Waals surface area (Å²) in [6.45, 7) is 0. The fraction of sp³-hybridized carbons (Fsp3) is 0.667. The Hall–Kier alpha value is -0.890. The molecule has 1 N–H and O–H groups in total. The van der Waals surface area contributed by atoms with Crippen LogP contribution in [0.2, 0.25) is 0 Å². The lowest BCUT2D eigenvalue weighted by molar-refractivity contribution is 0.122. The van der Waals surface area contributed by atoms with Gasteiger partial charge in [0, 0.05) is 11.9 Å². The van der Waals surface area contributed by atoms with Gasteiger partial charge in [-0.15, -0.1) is 0 Å². The Morgan fingerprint density at radius 1 is 1.24 bits per heavy atom. The average Bonchev–Trinajstić information content (AvgIpc) is 2.39. The van der Waals surface area contributed by atoms with Crippen molar-refractivity contribution in [2.75, 3.05) is 0 Å². The van der Waals surface area contributed by atoms with Crippen LogP contribution >= 0.6 is 0 Å². The van der Waals surface area contributed by atoms with Crippen molar-refractivity contribution in [3.8, 4) is 0 Å². The Bertz CT molecular complexity index is 306. The van der Waals surface area contributed by atoms with Crippen molar-refractivity contribution in [3.63, 3.8) is 0 Å². The highest BCUT2D eigenvalue weighted by atomic mass is 16.3. The summed E-state index contributed by atoms with van der Waals surface area (Å²) in [4.78, 5) is 4.29. The number of hydrogen-bond donors (Lipinski definition) is 1. The zero-order chi connectivity index (χ0) is 11.9. The summed E-state index contributed by atoms with van der Waals surface area (Å²) in [6, 6.07) is 5.98. The quantitative estimate of drug-likeness (QED) is 0.846. The van der Waals surface area contributed by atoms with Gasteiger partial charge in [-0.3, -0.25) is 4.98 Å². The fourth-order valence-electron chi connectivity index (χ4n) is 2.79. The maximum Gasteiger partial charge on any atom is 0.0546 e. The Kier molecular flexibility index (Phi) is 4.99. The molecule has 1 atom stereocenters. The predicted molar refractivity (Wildman–Crippen MR) is 69.8 cm³/mol. The van der Waals surface area contributed by atoms with Crippen LogP contribution in [0.1, 0.15) is 50.6 Å². The molecule has 2 heteroatoms. The molecule has 1 unspecified atom stereocenters. The van der Waals surface area contributed by atoms with Gasteiger partial charge in [0.15, 0.2) is 0 Å². The molecule has 1 aromatic rings. The van der Waals surface area contributed by atoms with E-state index in [9.17, 15) is 5.11 Å². The minimum atomic E-state index is -0.139. The first-order valence-corrected chi connectivity index (χ1v) is 6.92. The highest BCUT2D eigenvalue weighted by Gasteiger charge is 2.17. The van der Waals surface area contributed by atoms with Crippen LogP contribution in [0, 0.1) is 5.92 Å². The summed E-state index contributed by atoms with van der Waals surface area (Å²) < 4.78 is 0. The molecule has 0 aliphatic heterocycles. The number of pyridine rings is 1. The molecule has 0 bridgehead atoms. The van der Waals surface area contributed by atoms with Crippen molar-refractivity contribution < 1.29 is 5.11 Å². The van der Waals surface area contributed by atoms with Crippen molar-refractivity contribution in [3.05, 3.63) is 30.1 Å². The van der Waals surface area contributed by atoms with E-state index in [2.05, 4.69) is 4.98 Å². The smallest absolute Gasteiger partial charge is 0.0546 e. The molecule has 17 heavy (non-hydrogen) atoms. The molecular formula is C15H23NO. The van der Waals surface area contributed by atoms with Crippen molar-refractivity contribution in [1.29, 1.82) is 0 Å². The summed E-state index contributed by atoms with van der Waals surface area (Å²) in [5, 5.41) is 10.0. The topological polar surface area (TPSA) is 33.1 Å². The molecule has 1 saturated carbocycles. The Balaban J connectivity index is 1.68. The molecule has 94 valence electrons. The summed E-state index contributed by atoms with van der Waals surface area (Å²) in [5.74, 6) is 0.766. The van der Waals surface area contributed by atoms with Gasteiger partial charge in [-0.2, -0.15) is 0 Å². The maximum absolute atomic E-state index is 10.0. The largest absolute Gasteiger partial charge is 0.393 e. The monoisotopic (exact) mass is 233 g/mol. The molecule has 0 aromatic carbocycles. The first-order valence-electron chi connectivity index (χ1n) is 6.92. The van der Waals surface area contributed by atoms with Gasteiger partial charge < -0.3 is 5.11 Å². The molecule has 0 radical (unpaired) electrons. The van der Waals surface area contributed by atoms with E-state index in [1.807, 2.05) is 24.4 Å². The third-order valence-electron chi connectivity index (χ3n) is 3.79. The predicted octanol–water partition coefficient (Wildman–Crippen LogP) is 3.35. The Labute approximate surface area is 104 Å². The minimum absolute atomic E-state index is 0.139. The molecule has 2 nitrogen and oxygen atoms in total. The van der Waals surface area contributed by atoms with E-state index < -0.39 is 0 Å². The van der Waals surface area contributed by atoms with Crippen molar-refractivity contribution >= 4 is 0 Å². The van der Waals surface area contributed by atoms with Gasteiger partial charge in [-0.25, -0.2) is 0 Å². The van der Waals surface area contributed by atoms with Crippen LogP contribution in [0.15, 0.2) is 24.4 Å². The van der Waals surface area contributed by atoms with Crippen LogP contribution < -0.4 is 0 Å². The Morgan fingerprint density at radius 2 is 2.06 bits per heavy atom. The van der Waals surface area contributed by atoms with E-state index in [-0.39, 0.29) is 6.10 Å². The SMILES string of the molecule is OC(CCc1ccccn1)CC1CCCCC1. The summed E-state index contributed by atoms with van der Waals surface area (Å²) in [7, 11) is 0. The maximum atomic E-state index is 10.0. The number of nitrogens with zero attached hydrogens (tertiary/aromatic N) is 1. The first kappa shape index (κ1) is 12.6. The molecule has 0 amide bonds. The van der Waals surface area contributed by atoms with Crippen molar-refractivity contribution in [1.82, 2.24) is 4.98 Å². The fourth-order valence-corrected chi connectivity index (χ4v) is 2.79. The second kappa shape index (κ2) is 6.75. The molecule has 1 heterocycles. The van der Waals surface area contributed by atoms with Gasteiger partial charge in [0.25, 0.3) is 0 Å². The summed E-state index contributed by atoms with van der Waals surface area (Å²) >= 11 is 0. The van der Waals surface area contributed by atoms with Gasteiger partial charge in [0.1, 0.15) is 0 Å². The van der Waals surface area contributed by atoms with Gasteiger partial charge in [-0.1, -0.05) is 38.2 Å². The number of rotatable bonds is 5. The molecule has 1 fully saturated rings. The van der Waals surface area contributed by atoms with Crippen LogP contribution in [0.5, 0.6) is 0 Å². The van der Waals surface area contributed by atoms with Crippen LogP contribution in [-0.2, 0) is 6.42 Å². The lowest BCUT2D eigenvalue weighted by atomic mass is 9.84. The molecular weight excluding hydrogens is 210 g/mol. The molecule has 1 aliphatic rings. The average molecular weight is 233 g/mol. The number of aliphatic hydroxyl groups excluding tert-OH is 1. The molecule has 1 aromatic heterocycles. The third-order valence-corrected chi connectivity index (χ3v) is 3.79. The lowest BCUT2D eigenvalue weighted by Gasteiger charge is -2.23. The van der Waals surface area contributed by atoms with Crippen LogP contribution in [-0.4, -0.2) is 16.2 Å². The zero-order valence-corrected chi connectivity index (χ0v) is 10.5. The van der Waals surface area contributed by atoms with E-state index in [0.717, 1.165) is 30.9 Å². The van der Waals surface area contributed by atoms with Gasteiger partial charge in [0.2, 0.25) is 0 Å². The highest BCUT2D eigenvalue weighted by molar-refractivity contribution is 5.03. The molecule has 0 spiro atoms. The minimum Gasteiger partial charge on any atom is -0.393 e. The molecule has 2 rings (SSSR count). The van der Waals surface area contributed by atoms with E-state index >= 15 is 0 Å². The second-order valence-electron chi connectivity index (χ2n) is 5.25. The normalized spacial score (nSPS) is 19.1. The third kappa shape index (κ3) is 4.47. The van der Waals surface area contributed by atoms with Gasteiger partial charge in [-0.05, 0) is 37.3 Å². The van der Waals surface area contributed by atoms with Crippen LogP contribution in [0.4, 0.5) is 0 Å². The summed E-state index contributed by atoms with van der Waals surface area (Å²) in [6.07, 6.45) is 11.2. The van der Waals surface area contributed by atoms with E-state index in [0.29, 0.717) is 0 Å². The van der Waals surface area contributed by atoms with Crippen molar-refractivity contribution in [2.24, 2.45) is 5.92 Å². The first-order chi connectivity index (χ1) is 8.34. The van der Waals surface area contributed by atoms with E-state index in [1.54, 1.807) is 0 Å². The number of aromatic nitrogens is 1. The highest BCUT2D eigenvalue weighted by Crippen LogP contribution is 2.28. The van der Waals surface area contributed by atoms with Crippen LogP contribution in [0.25, 0.3) is 0 Å². The van der Waals surface area contributed by atoms with E-state index in [4.69, 9.17) is 0 Å². The van der Waals surface area contributed by atoms with Gasteiger partial charge in [0.05, 0.1) is 6.10 Å². The van der Waals surface area contributed by atoms with Crippen LogP contribution in [0.3, 0.4) is 0 Å². The molecule has 0 saturated heterocycles. The number of aliphatic hydroxyl groups is 1.